The fourth-order valence-electron chi connectivity index (χ4n) is 2.84. The van der Waals surface area contributed by atoms with Gasteiger partial charge < -0.3 is 9.73 Å². The Hall–Kier alpha value is -3.25. The van der Waals surface area contributed by atoms with Crippen LogP contribution in [-0.4, -0.2) is 30.6 Å². The molecule has 3 rings (SSSR count). The zero-order valence-electron chi connectivity index (χ0n) is 17.7. The zero-order valence-corrected chi connectivity index (χ0v) is 18.5. The number of aromatic nitrogens is 2. The van der Waals surface area contributed by atoms with Crippen LogP contribution in [-0.2, 0) is 27.4 Å². The number of anilines is 1. The van der Waals surface area contributed by atoms with E-state index in [1.54, 1.807) is 13.8 Å². The van der Waals surface area contributed by atoms with E-state index in [1.165, 1.54) is 36.4 Å². The molecule has 3 aromatic rings. The third kappa shape index (κ3) is 6.62. The molecule has 0 aliphatic carbocycles. The van der Waals surface area contributed by atoms with Gasteiger partial charge in [0.05, 0.1) is 10.5 Å². The van der Waals surface area contributed by atoms with Crippen LogP contribution in [0.3, 0.4) is 0 Å². The summed E-state index contributed by atoms with van der Waals surface area (Å²) < 4.78 is 70.7. The van der Waals surface area contributed by atoms with Crippen LogP contribution in [0.4, 0.5) is 18.9 Å². The van der Waals surface area contributed by atoms with Gasteiger partial charge in [-0.15, -0.1) is 10.2 Å². The Kier molecular flexibility index (Phi) is 7.18. The van der Waals surface area contributed by atoms with Gasteiger partial charge in [-0.05, 0) is 56.3 Å². The highest BCUT2D eigenvalue weighted by atomic mass is 32.2. The lowest BCUT2D eigenvalue weighted by atomic mass is 10.1. The highest BCUT2D eigenvalue weighted by molar-refractivity contribution is 7.89. The van der Waals surface area contributed by atoms with Crippen LogP contribution in [0.2, 0.25) is 0 Å². The highest BCUT2D eigenvalue weighted by Gasteiger charge is 2.30. The van der Waals surface area contributed by atoms with Gasteiger partial charge in [-0.1, -0.05) is 6.07 Å². The third-order valence-electron chi connectivity index (χ3n) is 4.31. The number of nitrogens with zero attached hydrogens (tertiary/aromatic N) is 2. The fraction of sp³-hybridized carbons (Fsp3) is 0.286. The average molecular weight is 482 g/mol. The minimum Gasteiger partial charge on any atom is -0.421 e. The molecular weight excluding hydrogens is 461 g/mol. The van der Waals surface area contributed by atoms with E-state index in [-0.39, 0.29) is 47.0 Å². The van der Waals surface area contributed by atoms with Gasteiger partial charge in [0, 0.05) is 30.1 Å². The molecule has 33 heavy (non-hydrogen) atoms. The number of alkyl halides is 3. The largest absolute Gasteiger partial charge is 0.421 e. The lowest BCUT2D eigenvalue weighted by Crippen LogP contribution is -2.30. The average Bonchev–Trinajstić information content (AvgIpc) is 3.20. The first kappa shape index (κ1) is 24.4. The van der Waals surface area contributed by atoms with Crippen molar-refractivity contribution in [1.82, 2.24) is 14.9 Å². The van der Waals surface area contributed by atoms with Gasteiger partial charge in [-0.3, -0.25) is 4.79 Å². The van der Waals surface area contributed by atoms with Gasteiger partial charge >= 0.3 is 6.18 Å². The van der Waals surface area contributed by atoms with Crippen LogP contribution in [0.25, 0.3) is 11.5 Å². The molecule has 12 heteroatoms. The molecule has 0 aliphatic heterocycles. The van der Waals surface area contributed by atoms with Crippen molar-refractivity contribution in [1.29, 1.82) is 0 Å². The molecule has 8 nitrogen and oxygen atoms in total. The summed E-state index contributed by atoms with van der Waals surface area (Å²) in [6, 6.07) is 9.92. The second kappa shape index (κ2) is 9.71. The Morgan fingerprint density at radius 2 is 1.79 bits per heavy atom. The summed E-state index contributed by atoms with van der Waals surface area (Å²) in [6.45, 7) is 3.41. The van der Waals surface area contributed by atoms with Gasteiger partial charge in [0.25, 0.3) is 0 Å². The van der Waals surface area contributed by atoms with Crippen molar-refractivity contribution in [2.45, 2.75) is 43.8 Å². The minimum atomic E-state index is -4.50. The maximum atomic E-state index is 12.9. The van der Waals surface area contributed by atoms with Crippen LogP contribution in [0.5, 0.6) is 0 Å². The van der Waals surface area contributed by atoms with E-state index in [2.05, 4.69) is 20.2 Å². The summed E-state index contributed by atoms with van der Waals surface area (Å²) in [4.78, 5) is 12.3. The summed E-state index contributed by atoms with van der Waals surface area (Å²) in [5.74, 6) is -0.369. The number of carbonyl (C=O) groups excluding carboxylic acids is 1. The first-order valence-electron chi connectivity index (χ1n) is 9.86. The molecule has 0 spiro atoms. The number of sulfonamides is 1. The summed E-state index contributed by atoms with van der Waals surface area (Å²) in [7, 11) is -3.64. The molecule has 176 valence electrons. The van der Waals surface area contributed by atoms with E-state index < -0.39 is 21.8 Å². The number of amides is 1. The monoisotopic (exact) mass is 482 g/mol. The van der Waals surface area contributed by atoms with Crippen LogP contribution >= 0.6 is 0 Å². The van der Waals surface area contributed by atoms with Crippen LogP contribution in [0.1, 0.15) is 31.7 Å². The molecule has 0 unspecified atom stereocenters. The SMILES string of the molecule is CC(C)NS(=O)(=O)c1ccc(NC(=O)CCc2nnc(-c3cccc(C(F)(F)F)c3)o2)cc1. The first-order valence-corrected chi connectivity index (χ1v) is 11.3. The van der Waals surface area contributed by atoms with E-state index >= 15 is 0 Å². The zero-order chi connectivity index (χ0) is 24.2. The van der Waals surface area contributed by atoms with Gasteiger partial charge in [0.1, 0.15) is 0 Å². The van der Waals surface area contributed by atoms with E-state index in [4.69, 9.17) is 4.42 Å². The van der Waals surface area contributed by atoms with Crippen molar-refractivity contribution in [2.24, 2.45) is 0 Å². The summed E-state index contributed by atoms with van der Waals surface area (Å²) in [6.07, 6.45) is -4.45. The number of halogens is 3. The Morgan fingerprint density at radius 3 is 2.42 bits per heavy atom. The van der Waals surface area contributed by atoms with Crippen LogP contribution in [0, 0.1) is 0 Å². The summed E-state index contributed by atoms with van der Waals surface area (Å²) >= 11 is 0. The van der Waals surface area contributed by atoms with Crippen LogP contribution in [0.15, 0.2) is 57.8 Å². The Labute approximate surface area is 188 Å². The number of hydrogen-bond acceptors (Lipinski definition) is 6. The molecule has 0 aliphatic rings. The van der Waals surface area contributed by atoms with Gasteiger partial charge in [-0.2, -0.15) is 13.2 Å². The molecule has 1 amide bonds. The van der Waals surface area contributed by atoms with Crippen molar-refractivity contribution < 1.29 is 30.8 Å². The Morgan fingerprint density at radius 1 is 1.09 bits per heavy atom. The fourth-order valence-corrected chi connectivity index (χ4v) is 4.09. The molecule has 1 heterocycles. The van der Waals surface area contributed by atoms with Gasteiger partial charge in [0.15, 0.2) is 0 Å². The standard InChI is InChI=1S/C21H21F3N4O4S/c1-13(2)28-33(30,31)17-8-6-16(7-9-17)25-18(29)10-11-19-26-27-20(32-19)14-4-3-5-15(12-14)21(22,23)24/h3-9,12-13,28H,10-11H2,1-2H3,(H,25,29). The summed E-state index contributed by atoms with van der Waals surface area (Å²) in [5.41, 5.74) is -0.313. The van der Waals surface area contributed by atoms with Crippen molar-refractivity contribution in [2.75, 3.05) is 5.32 Å². The Balaban J connectivity index is 1.57. The molecule has 2 N–H and O–H groups in total. The maximum absolute atomic E-state index is 12.9. The number of benzene rings is 2. The smallest absolute Gasteiger partial charge is 0.416 e. The van der Waals surface area contributed by atoms with E-state index in [1.807, 2.05) is 0 Å². The molecule has 0 saturated carbocycles. The minimum absolute atomic E-state index is 0.0286. The molecule has 1 aromatic heterocycles. The lowest BCUT2D eigenvalue weighted by Gasteiger charge is -2.10. The Bertz CT molecular complexity index is 1220. The van der Waals surface area contributed by atoms with E-state index in [9.17, 15) is 26.4 Å². The number of rotatable bonds is 8. The van der Waals surface area contributed by atoms with Crippen molar-refractivity contribution in [3.63, 3.8) is 0 Å². The van der Waals surface area contributed by atoms with Crippen molar-refractivity contribution in [3.8, 4) is 11.5 Å². The second-order valence-electron chi connectivity index (χ2n) is 7.43. The normalized spacial score (nSPS) is 12.2. The highest BCUT2D eigenvalue weighted by Crippen LogP contribution is 2.31. The maximum Gasteiger partial charge on any atom is 0.416 e. The molecule has 0 bridgehead atoms. The van der Waals surface area contributed by atoms with Crippen LogP contribution < -0.4 is 10.0 Å². The molecule has 0 saturated heterocycles. The van der Waals surface area contributed by atoms with Gasteiger partial charge in [-0.25, -0.2) is 13.1 Å². The van der Waals surface area contributed by atoms with Crippen molar-refractivity contribution in [3.05, 3.63) is 60.0 Å². The molecule has 0 atom stereocenters. The molecule has 0 radical (unpaired) electrons. The molecular formula is C21H21F3N4O4S. The third-order valence-corrected chi connectivity index (χ3v) is 5.98. The van der Waals surface area contributed by atoms with Gasteiger partial charge in [0.2, 0.25) is 27.7 Å². The lowest BCUT2D eigenvalue weighted by molar-refractivity contribution is -0.137. The quantitative estimate of drug-likeness (QED) is 0.501. The predicted octanol–water partition coefficient (Wildman–Crippen LogP) is 4.01. The van der Waals surface area contributed by atoms with E-state index in [0.717, 1.165) is 12.1 Å². The van der Waals surface area contributed by atoms with Crippen molar-refractivity contribution >= 4 is 21.6 Å². The number of aryl methyl sites for hydroxylation is 1. The summed E-state index contributed by atoms with van der Waals surface area (Å²) in [5, 5.41) is 10.1. The number of hydrogen-bond donors (Lipinski definition) is 2. The molecule has 0 fully saturated rings. The first-order chi connectivity index (χ1) is 15.4. The topological polar surface area (TPSA) is 114 Å². The number of carbonyl (C=O) groups is 1. The predicted molar refractivity (Wildman–Crippen MR) is 114 cm³/mol. The van der Waals surface area contributed by atoms with E-state index in [0.29, 0.717) is 5.69 Å². The number of nitrogens with one attached hydrogen (secondary N) is 2. The second-order valence-corrected chi connectivity index (χ2v) is 9.14. The molecule has 2 aromatic carbocycles.